The van der Waals surface area contributed by atoms with Gasteiger partial charge in [-0.2, -0.15) is 0 Å². The van der Waals surface area contributed by atoms with Crippen molar-refractivity contribution in [1.29, 1.82) is 0 Å². The van der Waals surface area contributed by atoms with E-state index in [0.29, 0.717) is 22.3 Å². The Morgan fingerprint density at radius 2 is 2.05 bits per heavy atom. The predicted octanol–water partition coefficient (Wildman–Crippen LogP) is 3.32. The van der Waals surface area contributed by atoms with Gasteiger partial charge < -0.3 is 15.3 Å². The fraction of sp³-hybridized carbons (Fsp3) is 0.333. The molecule has 1 aromatic rings. The number of halogens is 2. The van der Waals surface area contributed by atoms with E-state index in [1.807, 2.05) is 0 Å². The molecule has 0 spiro atoms. The van der Waals surface area contributed by atoms with Crippen LogP contribution < -0.4 is 5.32 Å². The summed E-state index contributed by atoms with van der Waals surface area (Å²) in [4.78, 5) is 23.8. The van der Waals surface area contributed by atoms with Gasteiger partial charge in [-0.15, -0.1) is 0 Å². The quantitative estimate of drug-likeness (QED) is 0.876. The van der Waals surface area contributed by atoms with Gasteiger partial charge in [0.1, 0.15) is 0 Å². The lowest BCUT2D eigenvalue weighted by Crippen LogP contribution is -2.36. The van der Waals surface area contributed by atoms with Crippen molar-refractivity contribution in [2.24, 2.45) is 0 Å². The number of benzene rings is 1. The van der Waals surface area contributed by atoms with E-state index >= 15 is 0 Å². The van der Waals surface area contributed by atoms with E-state index in [9.17, 15) is 9.59 Å². The van der Waals surface area contributed by atoms with Crippen LogP contribution in [0.3, 0.4) is 0 Å². The van der Waals surface area contributed by atoms with E-state index < -0.39 is 12.0 Å². The third-order valence-corrected chi connectivity index (χ3v) is 2.99. The average molecular weight is 305 g/mol. The minimum absolute atomic E-state index is 0.102. The zero-order valence-corrected chi connectivity index (χ0v) is 11.8. The van der Waals surface area contributed by atoms with Crippen molar-refractivity contribution in [3.05, 3.63) is 28.2 Å². The standard InChI is InChI=1S/C12H14Cl2N2O3/c1-2-16(6-5-11(17)18)12(19)15-10-4-3-8(13)7-9(10)14/h3-4,7H,2,5-6H2,1H3,(H,15,19)(H,17,18). The lowest BCUT2D eigenvalue weighted by molar-refractivity contribution is -0.137. The van der Waals surface area contributed by atoms with Crippen molar-refractivity contribution in [2.75, 3.05) is 18.4 Å². The van der Waals surface area contributed by atoms with Crippen LogP contribution in [0, 0.1) is 0 Å². The SMILES string of the molecule is CCN(CCC(=O)O)C(=O)Nc1ccc(Cl)cc1Cl. The van der Waals surface area contributed by atoms with Gasteiger partial charge in [-0.1, -0.05) is 23.2 Å². The van der Waals surface area contributed by atoms with E-state index in [4.69, 9.17) is 28.3 Å². The summed E-state index contributed by atoms with van der Waals surface area (Å²) in [6.45, 7) is 2.32. The lowest BCUT2D eigenvalue weighted by atomic mass is 10.3. The first kappa shape index (κ1) is 15.6. The molecule has 0 fully saturated rings. The maximum atomic E-state index is 11.9. The third-order valence-electron chi connectivity index (χ3n) is 2.44. The Bertz CT molecular complexity index is 480. The van der Waals surface area contributed by atoms with Crippen LogP contribution in [0.2, 0.25) is 10.0 Å². The first-order valence-electron chi connectivity index (χ1n) is 5.66. The summed E-state index contributed by atoms with van der Waals surface area (Å²) >= 11 is 11.7. The molecule has 1 aromatic carbocycles. The average Bonchev–Trinajstić information content (AvgIpc) is 2.33. The monoisotopic (exact) mass is 304 g/mol. The molecule has 0 aliphatic carbocycles. The van der Waals surface area contributed by atoms with Crippen LogP contribution in [0.4, 0.5) is 10.5 Å². The number of hydrogen-bond acceptors (Lipinski definition) is 2. The summed E-state index contributed by atoms with van der Waals surface area (Å²) in [7, 11) is 0. The second kappa shape index (κ2) is 7.21. The molecule has 2 N–H and O–H groups in total. The van der Waals surface area contributed by atoms with E-state index in [2.05, 4.69) is 5.32 Å². The maximum absolute atomic E-state index is 11.9. The number of urea groups is 1. The number of carboxylic acid groups (broad SMARTS) is 1. The Hall–Kier alpha value is -1.46. The van der Waals surface area contributed by atoms with Crippen molar-refractivity contribution in [1.82, 2.24) is 4.90 Å². The molecule has 0 aliphatic heterocycles. The van der Waals surface area contributed by atoms with Crippen LogP contribution in [0.25, 0.3) is 0 Å². The van der Waals surface area contributed by atoms with Gasteiger partial charge in [0.05, 0.1) is 17.1 Å². The van der Waals surface area contributed by atoms with Crippen molar-refractivity contribution >= 4 is 40.9 Å². The molecule has 0 aromatic heterocycles. The molecular formula is C12H14Cl2N2O3. The minimum Gasteiger partial charge on any atom is -0.481 e. The number of nitrogens with one attached hydrogen (secondary N) is 1. The second-order valence-corrected chi connectivity index (χ2v) is 4.62. The highest BCUT2D eigenvalue weighted by Gasteiger charge is 2.14. The molecule has 104 valence electrons. The Labute approximate surface area is 121 Å². The predicted molar refractivity (Wildman–Crippen MR) is 75.0 cm³/mol. The molecule has 5 nitrogen and oxygen atoms in total. The zero-order chi connectivity index (χ0) is 14.4. The molecule has 0 unspecified atom stereocenters. The smallest absolute Gasteiger partial charge is 0.321 e. The van der Waals surface area contributed by atoms with Gasteiger partial charge in [0, 0.05) is 18.1 Å². The van der Waals surface area contributed by atoms with Crippen LogP contribution in [-0.2, 0) is 4.79 Å². The summed E-state index contributed by atoms with van der Waals surface area (Å²) in [5, 5.41) is 12.0. The van der Waals surface area contributed by atoms with Gasteiger partial charge in [0.25, 0.3) is 0 Å². The Kier molecular flexibility index (Phi) is 5.92. The van der Waals surface area contributed by atoms with Crippen LogP contribution >= 0.6 is 23.2 Å². The molecule has 0 saturated carbocycles. The van der Waals surface area contributed by atoms with E-state index in [0.717, 1.165) is 0 Å². The van der Waals surface area contributed by atoms with Gasteiger partial charge in [-0.3, -0.25) is 4.79 Å². The second-order valence-electron chi connectivity index (χ2n) is 3.78. The number of carbonyl (C=O) groups is 2. The Morgan fingerprint density at radius 1 is 1.37 bits per heavy atom. The number of nitrogens with zero attached hydrogens (tertiary/aromatic N) is 1. The molecule has 0 heterocycles. The first-order valence-corrected chi connectivity index (χ1v) is 6.42. The minimum atomic E-state index is -0.948. The number of rotatable bonds is 5. The fourth-order valence-corrected chi connectivity index (χ4v) is 1.87. The Balaban J connectivity index is 2.68. The van der Waals surface area contributed by atoms with Gasteiger partial charge >= 0.3 is 12.0 Å². The van der Waals surface area contributed by atoms with E-state index in [1.54, 1.807) is 19.1 Å². The molecule has 0 saturated heterocycles. The van der Waals surface area contributed by atoms with Crippen LogP contribution in [0.15, 0.2) is 18.2 Å². The number of amides is 2. The summed E-state index contributed by atoms with van der Waals surface area (Å²) in [6.07, 6.45) is -0.102. The number of anilines is 1. The lowest BCUT2D eigenvalue weighted by Gasteiger charge is -2.20. The summed E-state index contributed by atoms with van der Waals surface area (Å²) in [6, 6.07) is 4.32. The van der Waals surface area contributed by atoms with E-state index in [1.165, 1.54) is 11.0 Å². The van der Waals surface area contributed by atoms with Crippen LogP contribution in [0.1, 0.15) is 13.3 Å². The van der Waals surface area contributed by atoms with Crippen LogP contribution in [0.5, 0.6) is 0 Å². The topological polar surface area (TPSA) is 69.6 Å². The zero-order valence-electron chi connectivity index (χ0n) is 10.3. The molecule has 0 aliphatic rings. The Morgan fingerprint density at radius 3 is 2.58 bits per heavy atom. The van der Waals surface area contributed by atoms with Gasteiger partial charge in [-0.25, -0.2) is 4.79 Å². The molecule has 7 heteroatoms. The molecule has 1 rings (SSSR count). The number of carbonyl (C=O) groups excluding carboxylic acids is 1. The van der Waals surface area contributed by atoms with Gasteiger partial charge in [-0.05, 0) is 25.1 Å². The summed E-state index contributed by atoms with van der Waals surface area (Å²) in [5.74, 6) is -0.948. The highest BCUT2D eigenvalue weighted by atomic mass is 35.5. The third kappa shape index (κ3) is 4.96. The highest BCUT2D eigenvalue weighted by molar-refractivity contribution is 6.36. The fourth-order valence-electron chi connectivity index (χ4n) is 1.42. The maximum Gasteiger partial charge on any atom is 0.321 e. The van der Waals surface area contributed by atoms with Crippen molar-refractivity contribution in [3.63, 3.8) is 0 Å². The number of carboxylic acids is 1. The first-order chi connectivity index (χ1) is 8.93. The number of hydrogen-bond donors (Lipinski definition) is 2. The van der Waals surface area contributed by atoms with Crippen molar-refractivity contribution < 1.29 is 14.7 Å². The molecule has 2 amide bonds. The largest absolute Gasteiger partial charge is 0.481 e. The molecule has 0 radical (unpaired) electrons. The van der Waals surface area contributed by atoms with Gasteiger partial charge in [0.2, 0.25) is 0 Å². The molecule has 0 bridgehead atoms. The molecule has 0 atom stereocenters. The van der Waals surface area contributed by atoms with Crippen molar-refractivity contribution in [2.45, 2.75) is 13.3 Å². The summed E-state index contributed by atoms with van der Waals surface area (Å²) in [5.41, 5.74) is 0.435. The highest BCUT2D eigenvalue weighted by Crippen LogP contribution is 2.25. The van der Waals surface area contributed by atoms with Crippen LogP contribution in [-0.4, -0.2) is 35.1 Å². The molecule has 19 heavy (non-hydrogen) atoms. The van der Waals surface area contributed by atoms with E-state index in [-0.39, 0.29) is 13.0 Å². The normalized spacial score (nSPS) is 10.1. The van der Waals surface area contributed by atoms with Gasteiger partial charge in [0.15, 0.2) is 0 Å². The van der Waals surface area contributed by atoms with Crippen molar-refractivity contribution in [3.8, 4) is 0 Å². The molecular weight excluding hydrogens is 291 g/mol. The summed E-state index contributed by atoms with van der Waals surface area (Å²) < 4.78 is 0. The number of aliphatic carboxylic acids is 1.